The highest BCUT2D eigenvalue weighted by molar-refractivity contribution is 5.14. The lowest BCUT2D eigenvalue weighted by molar-refractivity contribution is 0.983. The Balaban J connectivity index is 3.25. The van der Waals surface area contributed by atoms with Gasteiger partial charge in [0.15, 0.2) is 0 Å². The molecule has 0 fully saturated rings. The molecule has 0 saturated heterocycles. The molecule has 0 aliphatic carbocycles. The molecule has 50 valence electrons. The van der Waals surface area contributed by atoms with Crippen LogP contribution in [0.5, 0.6) is 0 Å². The quantitative estimate of drug-likeness (QED) is 0.494. The Morgan fingerprint density at radius 3 is 2.67 bits per heavy atom. The lowest BCUT2D eigenvalue weighted by Gasteiger charge is -1.74. The lowest BCUT2D eigenvalue weighted by Crippen LogP contribution is -1.59. The van der Waals surface area contributed by atoms with Crippen molar-refractivity contribution in [1.82, 2.24) is 0 Å². The largest absolute Gasteiger partial charge is 0.0985 e. The second-order valence-corrected chi connectivity index (χ2v) is 1.88. The Morgan fingerprint density at radius 2 is 2.11 bits per heavy atom. The number of allylic oxidation sites excluding steroid dienone is 2. The Labute approximate surface area is 58.0 Å². The van der Waals surface area contributed by atoms with Crippen molar-refractivity contribution in [2.24, 2.45) is 0 Å². The Bertz CT molecular complexity index is 121. The van der Waals surface area contributed by atoms with Crippen molar-refractivity contribution >= 4 is 0 Å². The molecule has 0 amide bonds. The molecule has 0 aliphatic rings. The van der Waals surface area contributed by atoms with Crippen LogP contribution >= 0.6 is 0 Å². The van der Waals surface area contributed by atoms with Crippen LogP contribution in [-0.4, -0.2) is 0 Å². The molecule has 0 rings (SSSR count). The molecule has 0 aromatic heterocycles. The van der Waals surface area contributed by atoms with Gasteiger partial charge in [-0.25, -0.2) is 0 Å². The van der Waals surface area contributed by atoms with Crippen molar-refractivity contribution in [3.05, 3.63) is 12.2 Å². The van der Waals surface area contributed by atoms with E-state index in [1.165, 1.54) is 0 Å². The fourth-order valence-corrected chi connectivity index (χ4v) is 0.433. The average Bonchev–Trinajstić information content (AvgIpc) is 1.89. The van der Waals surface area contributed by atoms with Gasteiger partial charge < -0.3 is 0 Å². The van der Waals surface area contributed by atoms with Gasteiger partial charge in [-0.1, -0.05) is 31.8 Å². The van der Waals surface area contributed by atoms with Gasteiger partial charge in [-0.15, -0.1) is 0 Å². The zero-order valence-electron chi connectivity index (χ0n) is 6.28. The summed E-state index contributed by atoms with van der Waals surface area (Å²) in [5, 5.41) is 0. The molecule has 9 heavy (non-hydrogen) atoms. The predicted molar refractivity (Wildman–Crippen MR) is 42.1 cm³/mol. The van der Waals surface area contributed by atoms with Crippen LogP contribution in [0.3, 0.4) is 0 Å². The minimum Gasteiger partial charge on any atom is -0.0985 e. The standard InChI is InChI=1S/C9H14/c1-3-5-7-9-8-6-4-2/h5,7H,3-4,6H2,1-2H3/b7-5+. The van der Waals surface area contributed by atoms with Crippen LogP contribution in [-0.2, 0) is 0 Å². The molecule has 0 aliphatic heterocycles. The topological polar surface area (TPSA) is 0 Å². The Kier molecular flexibility index (Phi) is 6.73. The van der Waals surface area contributed by atoms with Gasteiger partial charge in [-0.2, -0.15) is 0 Å². The lowest BCUT2D eigenvalue weighted by atomic mass is 10.3. The highest BCUT2D eigenvalue weighted by Gasteiger charge is 1.66. The average molecular weight is 122 g/mol. The first kappa shape index (κ1) is 8.30. The van der Waals surface area contributed by atoms with E-state index in [0.717, 1.165) is 19.3 Å². The summed E-state index contributed by atoms with van der Waals surface area (Å²) in [5.41, 5.74) is 0. The Hall–Kier alpha value is -0.700. The smallest absolute Gasteiger partial charge is 0.00896 e. The van der Waals surface area contributed by atoms with E-state index in [4.69, 9.17) is 0 Å². The van der Waals surface area contributed by atoms with E-state index in [0.29, 0.717) is 0 Å². The minimum absolute atomic E-state index is 1.02. The number of hydrogen-bond acceptors (Lipinski definition) is 0. The van der Waals surface area contributed by atoms with Gasteiger partial charge in [-0.3, -0.25) is 0 Å². The van der Waals surface area contributed by atoms with E-state index < -0.39 is 0 Å². The highest BCUT2D eigenvalue weighted by Crippen LogP contribution is 1.82. The van der Waals surface area contributed by atoms with Crippen molar-refractivity contribution in [3.8, 4) is 11.8 Å². The van der Waals surface area contributed by atoms with E-state index in [1.54, 1.807) is 0 Å². The van der Waals surface area contributed by atoms with Gasteiger partial charge in [0, 0.05) is 6.42 Å². The SMILES string of the molecule is CC/C=C/C#CCCC. The van der Waals surface area contributed by atoms with Crippen LogP contribution in [0.25, 0.3) is 0 Å². The summed E-state index contributed by atoms with van der Waals surface area (Å²) < 4.78 is 0. The summed E-state index contributed by atoms with van der Waals surface area (Å²) in [5.74, 6) is 5.99. The molecule has 0 aromatic carbocycles. The van der Waals surface area contributed by atoms with E-state index in [9.17, 15) is 0 Å². The van der Waals surface area contributed by atoms with Gasteiger partial charge in [-0.05, 0) is 18.9 Å². The molecule has 0 saturated carbocycles. The molecule has 0 atom stereocenters. The predicted octanol–water partition coefficient (Wildman–Crippen LogP) is 2.76. The van der Waals surface area contributed by atoms with Crippen molar-refractivity contribution in [2.45, 2.75) is 33.1 Å². The molecule has 0 heterocycles. The van der Waals surface area contributed by atoms with Crippen LogP contribution < -0.4 is 0 Å². The fraction of sp³-hybridized carbons (Fsp3) is 0.556. The summed E-state index contributed by atoms with van der Waals surface area (Å²) in [4.78, 5) is 0. The first-order valence-electron chi connectivity index (χ1n) is 3.55. The third kappa shape index (κ3) is 7.30. The normalized spacial score (nSPS) is 9.11. The van der Waals surface area contributed by atoms with Gasteiger partial charge in [0.25, 0.3) is 0 Å². The number of hydrogen-bond donors (Lipinski definition) is 0. The fourth-order valence-electron chi connectivity index (χ4n) is 0.433. The second kappa shape index (κ2) is 7.30. The van der Waals surface area contributed by atoms with Crippen molar-refractivity contribution < 1.29 is 0 Å². The molecule has 0 bridgehead atoms. The maximum absolute atomic E-state index is 3.03. The van der Waals surface area contributed by atoms with Crippen LogP contribution in [0.2, 0.25) is 0 Å². The zero-order chi connectivity index (χ0) is 6.95. The van der Waals surface area contributed by atoms with E-state index in [1.807, 2.05) is 6.08 Å². The second-order valence-electron chi connectivity index (χ2n) is 1.88. The summed E-state index contributed by atoms with van der Waals surface area (Å²) in [6.07, 6.45) is 7.26. The molecule has 0 aromatic rings. The van der Waals surface area contributed by atoms with Crippen molar-refractivity contribution in [3.63, 3.8) is 0 Å². The number of rotatable bonds is 2. The maximum atomic E-state index is 3.03. The highest BCUT2D eigenvalue weighted by atomic mass is 13.7. The maximum Gasteiger partial charge on any atom is 0.00896 e. The molecule has 0 N–H and O–H groups in total. The summed E-state index contributed by atoms with van der Waals surface area (Å²) in [6, 6.07) is 0. The molecule has 0 heteroatoms. The molecule has 0 spiro atoms. The Morgan fingerprint density at radius 1 is 1.33 bits per heavy atom. The van der Waals surface area contributed by atoms with E-state index in [-0.39, 0.29) is 0 Å². The first-order chi connectivity index (χ1) is 4.41. The number of unbranched alkanes of at least 4 members (excludes halogenated alkanes) is 1. The van der Waals surface area contributed by atoms with Crippen LogP contribution in [0.1, 0.15) is 33.1 Å². The van der Waals surface area contributed by atoms with Gasteiger partial charge in [0.1, 0.15) is 0 Å². The summed E-state index contributed by atoms with van der Waals surface area (Å²) in [6.45, 7) is 4.25. The van der Waals surface area contributed by atoms with Gasteiger partial charge in [0.05, 0.1) is 0 Å². The molecule has 0 nitrogen and oxygen atoms in total. The van der Waals surface area contributed by atoms with E-state index >= 15 is 0 Å². The van der Waals surface area contributed by atoms with Crippen LogP contribution in [0, 0.1) is 11.8 Å². The van der Waals surface area contributed by atoms with Crippen LogP contribution in [0.4, 0.5) is 0 Å². The zero-order valence-corrected chi connectivity index (χ0v) is 6.28. The summed E-state index contributed by atoms with van der Waals surface area (Å²) >= 11 is 0. The molecular formula is C9H14. The van der Waals surface area contributed by atoms with E-state index in [2.05, 4.69) is 31.8 Å². The molecular weight excluding hydrogens is 108 g/mol. The van der Waals surface area contributed by atoms with Crippen molar-refractivity contribution in [1.29, 1.82) is 0 Å². The summed E-state index contributed by atoms with van der Waals surface area (Å²) in [7, 11) is 0. The third-order valence-electron chi connectivity index (χ3n) is 0.914. The monoisotopic (exact) mass is 122 g/mol. The third-order valence-corrected chi connectivity index (χ3v) is 0.914. The minimum atomic E-state index is 1.02. The molecule has 0 radical (unpaired) electrons. The first-order valence-corrected chi connectivity index (χ1v) is 3.55. The van der Waals surface area contributed by atoms with Crippen molar-refractivity contribution in [2.75, 3.05) is 0 Å². The molecule has 0 unspecified atom stereocenters. The van der Waals surface area contributed by atoms with Gasteiger partial charge >= 0.3 is 0 Å². The van der Waals surface area contributed by atoms with Gasteiger partial charge in [0.2, 0.25) is 0 Å². The van der Waals surface area contributed by atoms with Crippen LogP contribution in [0.15, 0.2) is 12.2 Å².